The van der Waals surface area contributed by atoms with Crippen LogP contribution in [-0.2, 0) is 0 Å². The number of nitrogens with zero attached hydrogens (tertiary/aromatic N) is 2. The highest BCUT2D eigenvalue weighted by Gasteiger charge is 2.09. The fourth-order valence-corrected chi connectivity index (χ4v) is 1.81. The van der Waals surface area contributed by atoms with Crippen molar-refractivity contribution in [3.63, 3.8) is 0 Å². The molecule has 78 valence electrons. The van der Waals surface area contributed by atoms with E-state index in [0.717, 1.165) is 10.7 Å². The highest BCUT2D eigenvalue weighted by atomic mass is 32.1. The number of nitrogens with two attached hydrogens (primary N) is 1. The topological polar surface area (TPSA) is 75.3 Å². The largest absolute Gasteiger partial charge is 0.346 e. The van der Waals surface area contributed by atoms with E-state index in [-0.39, 0.29) is 6.04 Å². The van der Waals surface area contributed by atoms with Gasteiger partial charge in [-0.15, -0.1) is 11.3 Å². The van der Waals surface area contributed by atoms with Gasteiger partial charge in [0.1, 0.15) is 5.01 Å². The van der Waals surface area contributed by atoms with Crippen LogP contribution >= 0.6 is 11.3 Å². The molecule has 4 N–H and O–H groups in total. The molecule has 1 unspecified atom stereocenters. The van der Waals surface area contributed by atoms with Crippen LogP contribution < -0.4 is 16.6 Å². The van der Waals surface area contributed by atoms with E-state index in [2.05, 4.69) is 20.7 Å². The summed E-state index contributed by atoms with van der Waals surface area (Å²) >= 11 is 1.62. The summed E-state index contributed by atoms with van der Waals surface area (Å²) in [6, 6.07) is 0.114. The van der Waals surface area contributed by atoms with Crippen LogP contribution in [0.5, 0.6) is 0 Å². The molecule has 14 heavy (non-hydrogen) atoms. The van der Waals surface area contributed by atoms with Gasteiger partial charge in [-0.2, -0.15) is 0 Å². The first-order chi connectivity index (χ1) is 6.67. The van der Waals surface area contributed by atoms with Crippen LogP contribution in [0.15, 0.2) is 10.4 Å². The fraction of sp³-hybridized carbons (Fsp3) is 0.500. The Balaban J connectivity index is 2.62. The summed E-state index contributed by atoms with van der Waals surface area (Å²) < 4.78 is 0. The third-order valence-electron chi connectivity index (χ3n) is 1.72. The lowest BCUT2D eigenvalue weighted by atomic mass is 10.3. The Hall–Kier alpha value is -1.14. The molecule has 1 aromatic rings. The first kappa shape index (κ1) is 10.9. The van der Waals surface area contributed by atoms with E-state index in [1.54, 1.807) is 18.4 Å². The maximum absolute atomic E-state index is 5.25. The number of hydrogen-bond donors (Lipinski definition) is 3. The average Bonchev–Trinajstić information content (AvgIpc) is 2.61. The number of hydrazine groups is 1. The highest BCUT2D eigenvalue weighted by Crippen LogP contribution is 2.16. The smallest absolute Gasteiger partial charge is 0.206 e. The minimum Gasteiger partial charge on any atom is -0.346 e. The van der Waals surface area contributed by atoms with Crippen LogP contribution in [0.4, 0.5) is 0 Å². The molecule has 0 aliphatic rings. The van der Waals surface area contributed by atoms with Crippen molar-refractivity contribution >= 4 is 17.3 Å². The predicted octanol–water partition coefficient (Wildman–Crippen LogP) is 0.551. The Kier molecular flexibility index (Phi) is 3.84. The molecule has 0 spiro atoms. The predicted molar refractivity (Wildman–Crippen MR) is 59.1 cm³/mol. The van der Waals surface area contributed by atoms with E-state index in [1.807, 2.05) is 19.2 Å². The van der Waals surface area contributed by atoms with Crippen LogP contribution in [0, 0.1) is 6.92 Å². The lowest BCUT2D eigenvalue weighted by molar-refractivity contribution is 0.685. The van der Waals surface area contributed by atoms with Crippen LogP contribution in [0.2, 0.25) is 0 Å². The monoisotopic (exact) mass is 213 g/mol. The van der Waals surface area contributed by atoms with E-state index < -0.39 is 0 Å². The molecule has 0 aromatic carbocycles. The van der Waals surface area contributed by atoms with Crippen molar-refractivity contribution in [1.82, 2.24) is 15.7 Å². The summed E-state index contributed by atoms with van der Waals surface area (Å²) in [4.78, 5) is 8.29. The van der Waals surface area contributed by atoms with Crippen molar-refractivity contribution in [2.75, 3.05) is 7.05 Å². The third kappa shape index (κ3) is 2.68. The van der Waals surface area contributed by atoms with Gasteiger partial charge in [-0.1, -0.05) is 0 Å². The van der Waals surface area contributed by atoms with Crippen molar-refractivity contribution in [3.8, 4) is 0 Å². The van der Waals surface area contributed by atoms with Crippen molar-refractivity contribution in [1.29, 1.82) is 0 Å². The van der Waals surface area contributed by atoms with E-state index in [0.29, 0.717) is 5.96 Å². The molecule has 0 saturated heterocycles. The number of nitrogens with one attached hydrogen (secondary N) is 2. The Morgan fingerprint density at radius 1 is 1.71 bits per heavy atom. The minimum absolute atomic E-state index is 0.114. The quantitative estimate of drug-likeness (QED) is 0.290. The zero-order valence-corrected chi connectivity index (χ0v) is 9.35. The number of aryl methyl sites for hydroxylation is 1. The zero-order chi connectivity index (χ0) is 10.6. The standard InChI is InChI=1S/C8H15N5S/c1-5-4-14-7(11-5)6(2)12-8(10-3)13-9/h4,6H,9H2,1-3H3,(H2,10,12,13). The van der Waals surface area contributed by atoms with Gasteiger partial charge < -0.3 is 5.32 Å². The molecule has 6 heteroatoms. The summed E-state index contributed by atoms with van der Waals surface area (Å²) in [5, 5.41) is 6.15. The Morgan fingerprint density at radius 3 is 2.86 bits per heavy atom. The summed E-state index contributed by atoms with van der Waals surface area (Å²) in [5.41, 5.74) is 3.51. The zero-order valence-electron chi connectivity index (χ0n) is 8.53. The molecular weight excluding hydrogens is 198 g/mol. The minimum atomic E-state index is 0.114. The number of aromatic nitrogens is 1. The number of hydrogen-bond acceptors (Lipinski definition) is 4. The number of aliphatic imine (C=N–C) groups is 1. The van der Waals surface area contributed by atoms with Crippen LogP contribution in [0.1, 0.15) is 23.7 Å². The van der Waals surface area contributed by atoms with Gasteiger partial charge in [0.25, 0.3) is 0 Å². The summed E-state index contributed by atoms with van der Waals surface area (Å²) in [5.74, 6) is 5.82. The molecular formula is C8H15N5S. The Bertz CT molecular complexity index is 319. The van der Waals surface area contributed by atoms with Crippen LogP contribution in [-0.4, -0.2) is 18.0 Å². The first-order valence-electron chi connectivity index (χ1n) is 4.29. The van der Waals surface area contributed by atoms with Gasteiger partial charge in [0.05, 0.1) is 6.04 Å². The maximum Gasteiger partial charge on any atom is 0.206 e. The highest BCUT2D eigenvalue weighted by molar-refractivity contribution is 7.09. The van der Waals surface area contributed by atoms with Crippen molar-refractivity contribution in [3.05, 3.63) is 16.1 Å². The van der Waals surface area contributed by atoms with Gasteiger partial charge in [-0.3, -0.25) is 10.4 Å². The van der Waals surface area contributed by atoms with Gasteiger partial charge in [0.2, 0.25) is 5.96 Å². The Labute approximate surface area is 87.4 Å². The van der Waals surface area contributed by atoms with Gasteiger partial charge in [0, 0.05) is 18.1 Å². The molecule has 0 amide bonds. The summed E-state index contributed by atoms with van der Waals surface area (Å²) in [7, 11) is 1.67. The summed E-state index contributed by atoms with van der Waals surface area (Å²) in [6.07, 6.45) is 0. The van der Waals surface area contributed by atoms with Gasteiger partial charge >= 0.3 is 0 Å². The van der Waals surface area contributed by atoms with Crippen molar-refractivity contribution in [2.24, 2.45) is 10.8 Å². The molecule has 1 rings (SSSR count). The van der Waals surface area contributed by atoms with Crippen molar-refractivity contribution in [2.45, 2.75) is 19.9 Å². The molecule has 0 bridgehead atoms. The van der Waals surface area contributed by atoms with E-state index in [9.17, 15) is 0 Å². The lowest BCUT2D eigenvalue weighted by Crippen LogP contribution is -2.42. The second-order valence-electron chi connectivity index (χ2n) is 2.91. The molecule has 1 aromatic heterocycles. The lowest BCUT2D eigenvalue weighted by Gasteiger charge is -2.13. The van der Waals surface area contributed by atoms with E-state index in [4.69, 9.17) is 5.84 Å². The van der Waals surface area contributed by atoms with E-state index in [1.165, 1.54) is 0 Å². The molecule has 0 saturated carbocycles. The number of guanidine groups is 1. The van der Waals surface area contributed by atoms with E-state index >= 15 is 0 Å². The van der Waals surface area contributed by atoms with Crippen LogP contribution in [0.25, 0.3) is 0 Å². The third-order valence-corrected chi connectivity index (χ3v) is 2.87. The Morgan fingerprint density at radius 2 is 2.43 bits per heavy atom. The molecule has 0 aliphatic heterocycles. The van der Waals surface area contributed by atoms with Crippen LogP contribution in [0.3, 0.4) is 0 Å². The average molecular weight is 213 g/mol. The fourth-order valence-electron chi connectivity index (χ4n) is 1.01. The molecule has 5 nitrogen and oxygen atoms in total. The summed E-state index contributed by atoms with van der Waals surface area (Å²) in [6.45, 7) is 3.99. The van der Waals surface area contributed by atoms with Gasteiger partial charge in [-0.05, 0) is 13.8 Å². The van der Waals surface area contributed by atoms with Crippen molar-refractivity contribution < 1.29 is 0 Å². The first-order valence-corrected chi connectivity index (χ1v) is 5.17. The molecule has 0 aliphatic carbocycles. The molecule has 1 heterocycles. The SMILES string of the molecule is CN=C(NN)NC(C)c1nc(C)cs1. The second kappa shape index (κ2) is 4.92. The number of thiazole rings is 1. The number of rotatable bonds is 2. The second-order valence-corrected chi connectivity index (χ2v) is 3.80. The van der Waals surface area contributed by atoms with Gasteiger partial charge in [-0.25, -0.2) is 10.8 Å². The van der Waals surface area contributed by atoms with Gasteiger partial charge in [0.15, 0.2) is 0 Å². The molecule has 0 radical (unpaired) electrons. The maximum atomic E-state index is 5.25. The molecule has 1 atom stereocenters. The molecule has 0 fully saturated rings. The normalized spacial score (nSPS) is 13.9.